The topological polar surface area (TPSA) is 33.0 Å². The van der Waals surface area contributed by atoms with Crippen molar-refractivity contribution in [3.8, 4) is 6.07 Å². The van der Waals surface area contributed by atoms with E-state index in [9.17, 15) is 5.26 Å². The molecule has 0 amide bonds. The first kappa shape index (κ1) is 13.9. The van der Waals surface area contributed by atoms with E-state index in [-0.39, 0.29) is 11.6 Å². The van der Waals surface area contributed by atoms with Crippen molar-refractivity contribution in [3.63, 3.8) is 0 Å². The predicted octanol–water partition coefficient (Wildman–Crippen LogP) is 4.00. The zero-order chi connectivity index (χ0) is 12.9. The van der Waals surface area contributed by atoms with Crippen LogP contribution in [0.5, 0.6) is 0 Å². The Kier molecular flexibility index (Phi) is 4.92. The number of nitriles is 1. The lowest BCUT2D eigenvalue weighted by atomic mass is 10.1. The molecule has 17 heavy (non-hydrogen) atoms. The summed E-state index contributed by atoms with van der Waals surface area (Å²) in [6.45, 7) is 6.70. The normalized spacial score (nSPS) is 15.0. The second-order valence-electron chi connectivity index (χ2n) is 5.42. The molecule has 1 aromatic carbocycles. The van der Waals surface area contributed by atoms with Crippen molar-refractivity contribution < 1.29 is 4.74 Å². The summed E-state index contributed by atoms with van der Waals surface area (Å²) in [5, 5.41) is 9.28. The molecule has 0 N–H and O–H groups in total. The average molecular weight is 247 g/mol. The fourth-order valence-electron chi connectivity index (χ4n) is 1.85. The van der Waals surface area contributed by atoms with Crippen molar-refractivity contribution in [3.05, 3.63) is 35.9 Å². The Morgan fingerprint density at radius 3 is 2.24 bits per heavy atom. The minimum atomic E-state index is -1.44. The molecule has 1 unspecified atom stereocenters. The third-order valence-electron chi connectivity index (χ3n) is 3.11. The van der Waals surface area contributed by atoms with Crippen molar-refractivity contribution in [2.75, 3.05) is 7.11 Å². The van der Waals surface area contributed by atoms with Crippen LogP contribution >= 0.6 is 0 Å². The molecule has 2 atom stereocenters. The van der Waals surface area contributed by atoms with E-state index in [4.69, 9.17) is 4.74 Å². The molecule has 0 aromatic heterocycles. The number of nitrogens with zero attached hydrogens (tertiary/aromatic N) is 1. The van der Waals surface area contributed by atoms with Crippen LogP contribution in [0.4, 0.5) is 0 Å². The fraction of sp³-hybridized carbons (Fsp3) is 0.500. The van der Waals surface area contributed by atoms with E-state index in [1.807, 2.05) is 18.2 Å². The molecule has 0 aliphatic rings. The summed E-state index contributed by atoms with van der Waals surface area (Å²) in [6, 6.07) is 12.6. The van der Waals surface area contributed by atoms with E-state index >= 15 is 0 Å². The van der Waals surface area contributed by atoms with E-state index in [0.717, 1.165) is 12.0 Å². The lowest BCUT2D eigenvalue weighted by Crippen LogP contribution is -2.28. The molecule has 92 valence electrons. The highest BCUT2D eigenvalue weighted by Gasteiger charge is 2.29. The second kappa shape index (κ2) is 5.99. The van der Waals surface area contributed by atoms with Gasteiger partial charge in [0.05, 0.1) is 20.2 Å². The lowest BCUT2D eigenvalue weighted by molar-refractivity contribution is 0.0965. The standard InChI is InChI=1S/C14H21NOSi/c1-16-14(12-8-6-5-7-9-12)10-13(11-15)17(2,3)4/h5-9,13-14H,10H2,1-4H3/t13?,14-/m1/s1. The molecule has 0 saturated carbocycles. The van der Waals surface area contributed by atoms with Gasteiger partial charge < -0.3 is 4.74 Å². The maximum atomic E-state index is 9.28. The number of hydrogen-bond donors (Lipinski definition) is 0. The molecule has 0 aliphatic carbocycles. The maximum Gasteiger partial charge on any atom is 0.0830 e. The van der Waals surface area contributed by atoms with Gasteiger partial charge >= 0.3 is 0 Å². The maximum absolute atomic E-state index is 9.28. The minimum Gasteiger partial charge on any atom is -0.377 e. The Bertz CT molecular complexity index is 377. The van der Waals surface area contributed by atoms with Gasteiger partial charge in [0.2, 0.25) is 0 Å². The number of rotatable bonds is 5. The van der Waals surface area contributed by atoms with Crippen LogP contribution in [0.15, 0.2) is 30.3 Å². The molecule has 3 heteroatoms. The summed E-state index contributed by atoms with van der Waals surface area (Å²) >= 11 is 0. The van der Waals surface area contributed by atoms with Crippen LogP contribution in [0.2, 0.25) is 25.2 Å². The van der Waals surface area contributed by atoms with Crippen LogP contribution in [0.1, 0.15) is 18.1 Å². The first-order valence-corrected chi connectivity index (χ1v) is 9.54. The average Bonchev–Trinajstić information content (AvgIpc) is 2.30. The Hall–Kier alpha value is -1.11. The van der Waals surface area contributed by atoms with Gasteiger partial charge in [-0.25, -0.2) is 0 Å². The number of methoxy groups -OCH3 is 1. The molecule has 1 rings (SSSR count). The number of benzene rings is 1. The van der Waals surface area contributed by atoms with Gasteiger partial charge in [-0.05, 0) is 12.0 Å². The van der Waals surface area contributed by atoms with Crippen LogP contribution in [-0.4, -0.2) is 15.2 Å². The third kappa shape index (κ3) is 3.99. The van der Waals surface area contributed by atoms with E-state index in [1.54, 1.807) is 7.11 Å². The molecule has 0 spiro atoms. The fourth-order valence-corrected chi connectivity index (χ4v) is 3.16. The highest BCUT2D eigenvalue weighted by atomic mass is 28.3. The quantitative estimate of drug-likeness (QED) is 0.737. The van der Waals surface area contributed by atoms with Crippen LogP contribution in [-0.2, 0) is 4.74 Å². The third-order valence-corrected chi connectivity index (χ3v) is 5.56. The summed E-state index contributed by atoms with van der Waals surface area (Å²) in [5.74, 6) is 0. The van der Waals surface area contributed by atoms with Crippen LogP contribution < -0.4 is 0 Å². The first-order valence-electron chi connectivity index (χ1n) is 5.96. The lowest BCUT2D eigenvalue weighted by Gasteiger charge is -2.26. The zero-order valence-corrected chi connectivity index (χ0v) is 12.1. The smallest absolute Gasteiger partial charge is 0.0830 e. The Balaban J connectivity index is 2.81. The molecule has 0 bridgehead atoms. The largest absolute Gasteiger partial charge is 0.377 e. The highest BCUT2D eigenvalue weighted by molar-refractivity contribution is 6.78. The van der Waals surface area contributed by atoms with E-state index in [0.29, 0.717) is 0 Å². The molecule has 0 saturated heterocycles. The van der Waals surface area contributed by atoms with E-state index in [1.165, 1.54) is 0 Å². The highest BCUT2D eigenvalue weighted by Crippen LogP contribution is 2.33. The van der Waals surface area contributed by atoms with Crippen molar-refractivity contribution in [1.29, 1.82) is 5.26 Å². The molecular formula is C14H21NOSi. The van der Waals surface area contributed by atoms with Crippen LogP contribution in [0.25, 0.3) is 0 Å². The zero-order valence-electron chi connectivity index (χ0n) is 11.1. The summed E-state index contributed by atoms with van der Waals surface area (Å²) < 4.78 is 5.53. The minimum absolute atomic E-state index is 0.0348. The molecule has 0 radical (unpaired) electrons. The van der Waals surface area contributed by atoms with E-state index < -0.39 is 8.07 Å². The number of ether oxygens (including phenoxy) is 1. The van der Waals surface area contributed by atoms with Gasteiger partial charge in [0, 0.05) is 12.7 Å². The van der Waals surface area contributed by atoms with Crippen molar-refractivity contribution in [1.82, 2.24) is 0 Å². The van der Waals surface area contributed by atoms with Crippen molar-refractivity contribution >= 4 is 8.07 Å². The Labute approximate surface area is 105 Å². The molecular weight excluding hydrogens is 226 g/mol. The van der Waals surface area contributed by atoms with Gasteiger partial charge in [-0.1, -0.05) is 50.0 Å². The van der Waals surface area contributed by atoms with Gasteiger partial charge in [0.1, 0.15) is 0 Å². The Morgan fingerprint density at radius 1 is 1.24 bits per heavy atom. The van der Waals surface area contributed by atoms with Gasteiger partial charge in [-0.15, -0.1) is 0 Å². The first-order chi connectivity index (χ1) is 7.99. The predicted molar refractivity (Wildman–Crippen MR) is 73.5 cm³/mol. The molecule has 1 aromatic rings. The summed E-state index contributed by atoms with van der Waals surface area (Å²) in [5.41, 5.74) is 1.29. The molecule has 0 heterocycles. The molecule has 2 nitrogen and oxygen atoms in total. The monoisotopic (exact) mass is 247 g/mol. The Morgan fingerprint density at radius 2 is 1.82 bits per heavy atom. The van der Waals surface area contributed by atoms with Crippen LogP contribution in [0, 0.1) is 11.3 Å². The van der Waals surface area contributed by atoms with Gasteiger partial charge in [-0.3, -0.25) is 0 Å². The van der Waals surface area contributed by atoms with Gasteiger partial charge in [0.25, 0.3) is 0 Å². The van der Waals surface area contributed by atoms with Crippen molar-refractivity contribution in [2.24, 2.45) is 0 Å². The second-order valence-corrected chi connectivity index (χ2v) is 10.8. The van der Waals surface area contributed by atoms with Crippen molar-refractivity contribution in [2.45, 2.75) is 37.7 Å². The molecule has 0 fully saturated rings. The van der Waals surface area contributed by atoms with Gasteiger partial charge in [0.15, 0.2) is 0 Å². The van der Waals surface area contributed by atoms with Crippen LogP contribution in [0.3, 0.4) is 0 Å². The summed E-state index contributed by atoms with van der Waals surface area (Å²) in [4.78, 5) is 0. The summed E-state index contributed by atoms with van der Waals surface area (Å²) in [6.07, 6.45) is 0.833. The van der Waals surface area contributed by atoms with Gasteiger partial charge in [-0.2, -0.15) is 5.26 Å². The summed E-state index contributed by atoms with van der Waals surface area (Å²) in [7, 11) is 0.279. The van der Waals surface area contributed by atoms with E-state index in [2.05, 4.69) is 37.8 Å². The SMILES string of the molecule is CO[C@H](CC(C#N)[Si](C)(C)C)c1ccccc1. The number of hydrogen-bond acceptors (Lipinski definition) is 2. The molecule has 0 aliphatic heterocycles.